The van der Waals surface area contributed by atoms with E-state index >= 15 is 0 Å². The molecule has 0 unspecified atom stereocenters. The summed E-state index contributed by atoms with van der Waals surface area (Å²) in [6, 6.07) is 10.1. The standard InChI is InChI=1S/C21H17N3O5/c1-2-28-21(27)17-18(26)16(10-12-11-23-19-13(12)6-5-9-22-19)29-20(17)24-14-7-3-4-8-15(14)25/h3-11,24-26H,2H2,1H3. The van der Waals surface area contributed by atoms with Crippen molar-refractivity contribution in [3.8, 4) is 11.5 Å². The Morgan fingerprint density at radius 3 is 2.86 bits per heavy atom. The van der Waals surface area contributed by atoms with Crippen LogP contribution in [0.15, 0.2) is 52.0 Å². The molecule has 0 aliphatic carbocycles. The summed E-state index contributed by atoms with van der Waals surface area (Å²) >= 11 is 0. The molecule has 1 aromatic carbocycles. The van der Waals surface area contributed by atoms with Gasteiger partial charge in [0.1, 0.15) is 5.75 Å². The summed E-state index contributed by atoms with van der Waals surface area (Å²) in [6.07, 6.45) is 4.79. The van der Waals surface area contributed by atoms with Crippen LogP contribution in [0.25, 0.3) is 11.6 Å². The van der Waals surface area contributed by atoms with E-state index < -0.39 is 5.97 Å². The van der Waals surface area contributed by atoms with E-state index in [1.165, 1.54) is 6.07 Å². The van der Waals surface area contributed by atoms with Gasteiger partial charge in [-0.05, 0) is 37.3 Å². The zero-order valence-electron chi connectivity index (χ0n) is 15.4. The number of carbonyl (C=O) groups is 1. The number of hydrogen-bond acceptors (Lipinski definition) is 8. The van der Waals surface area contributed by atoms with Crippen LogP contribution >= 0.6 is 0 Å². The molecule has 0 fully saturated rings. The Hall–Kier alpha value is -4.07. The van der Waals surface area contributed by atoms with Crippen LogP contribution in [0.1, 0.15) is 28.6 Å². The number of phenols is 1. The predicted octanol–water partition coefficient (Wildman–Crippen LogP) is 4.26. The first-order chi connectivity index (χ1) is 14.1. The number of phenolic OH excluding ortho intramolecular Hbond substituents is 1. The average molecular weight is 391 g/mol. The lowest BCUT2D eigenvalue weighted by Crippen LogP contribution is -2.06. The normalized spacial score (nSPS) is 13.5. The first-order valence-corrected chi connectivity index (χ1v) is 8.87. The van der Waals surface area contributed by atoms with Crippen molar-refractivity contribution in [1.29, 1.82) is 0 Å². The highest BCUT2D eigenvalue weighted by Gasteiger charge is 2.27. The van der Waals surface area contributed by atoms with Gasteiger partial charge in [-0.25, -0.2) is 14.8 Å². The van der Waals surface area contributed by atoms with Gasteiger partial charge in [0.15, 0.2) is 22.9 Å². The van der Waals surface area contributed by atoms with Crippen LogP contribution in [-0.2, 0) is 4.74 Å². The number of esters is 1. The number of hydrogen-bond donors (Lipinski definition) is 3. The molecule has 0 saturated heterocycles. The number of rotatable bonds is 5. The first kappa shape index (κ1) is 18.3. The number of fused-ring (bicyclic) bond motifs is 1. The molecule has 2 aromatic heterocycles. The molecule has 0 radical (unpaired) electrons. The van der Waals surface area contributed by atoms with Gasteiger partial charge in [0.2, 0.25) is 5.88 Å². The lowest BCUT2D eigenvalue weighted by Gasteiger charge is -2.07. The minimum atomic E-state index is -0.751. The molecule has 0 bridgehead atoms. The van der Waals surface area contributed by atoms with Crippen LogP contribution in [0, 0.1) is 0 Å². The zero-order valence-corrected chi connectivity index (χ0v) is 15.4. The number of carbonyl (C=O) groups excluding carboxylic acids is 1. The Balaban J connectivity index is 1.78. The lowest BCUT2D eigenvalue weighted by molar-refractivity contribution is 0.0524. The molecule has 0 amide bonds. The summed E-state index contributed by atoms with van der Waals surface area (Å²) in [4.78, 5) is 20.8. The van der Waals surface area contributed by atoms with Crippen molar-refractivity contribution >= 4 is 41.2 Å². The Labute approximate surface area is 165 Å². The number of pyridine rings is 1. The maximum atomic E-state index is 12.4. The lowest BCUT2D eigenvalue weighted by atomic mass is 10.1. The van der Waals surface area contributed by atoms with Crippen LogP contribution < -0.4 is 5.32 Å². The highest BCUT2D eigenvalue weighted by atomic mass is 16.5. The van der Waals surface area contributed by atoms with Gasteiger partial charge in [-0.2, -0.15) is 0 Å². The fourth-order valence-electron chi connectivity index (χ4n) is 2.90. The van der Waals surface area contributed by atoms with E-state index in [2.05, 4.69) is 15.3 Å². The maximum Gasteiger partial charge on any atom is 0.347 e. The van der Waals surface area contributed by atoms with Crippen molar-refractivity contribution in [3.05, 3.63) is 59.5 Å². The Morgan fingerprint density at radius 2 is 2.07 bits per heavy atom. The second-order valence-electron chi connectivity index (χ2n) is 6.11. The summed E-state index contributed by atoms with van der Waals surface area (Å²) in [7, 11) is 0. The molecule has 3 aromatic rings. The molecular formula is C21H17N3O5. The third kappa shape index (κ3) is 3.43. The molecular weight excluding hydrogens is 374 g/mol. The fourth-order valence-corrected chi connectivity index (χ4v) is 2.90. The molecule has 4 rings (SSSR count). The predicted molar refractivity (Wildman–Crippen MR) is 108 cm³/mol. The van der Waals surface area contributed by atoms with E-state index in [9.17, 15) is 15.0 Å². The monoisotopic (exact) mass is 391 g/mol. The molecule has 8 heteroatoms. The van der Waals surface area contributed by atoms with Crippen molar-refractivity contribution in [1.82, 2.24) is 4.98 Å². The van der Waals surface area contributed by atoms with Crippen LogP contribution in [-0.4, -0.2) is 34.0 Å². The van der Waals surface area contributed by atoms with Gasteiger partial charge in [0.05, 0.1) is 12.3 Å². The molecule has 3 N–H and O–H groups in total. The SMILES string of the molecule is CCOC(=O)c1c(Nc2ccccc2O)oc(C=C2C=Nc3ncccc32)c1O. The number of para-hydroxylation sites is 2. The van der Waals surface area contributed by atoms with Crippen LogP contribution in [0.3, 0.4) is 0 Å². The Morgan fingerprint density at radius 1 is 1.24 bits per heavy atom. The van der Waals surface area contributed by atoms with E-state index in [0.29, 0.717) is 17.1 Å². The van der Waals surface area contributed by atoms with Gasteiger partial charge in [-0.15, -0.1) is 0 Å². The number of aromatic nitrogens is 1. The summed E-state index contributed by atoms with van der Waals surface area (Å²) < 4.78 is 10.8. The van der Waals surface area contributed by atoms with Gasteiger partial charge in [0, 0.05) is 23.5 Å². The van der Waals surface area contributed by atoms with E-state index in [1.807, 2.05) is 6.07 Å². The number of furan rings is 1. The third-order valence-corrected chi connectivity index (χ3v) is 4.25. The fraction of sp³-hybridized carbons (Fsp3) is 0.0952. The number of anilines is 2. The van der Waals surface area contributed by atoms with Crippen molar-refractivity contribution in [2.45, 2.75) is 6.92 Å². The second-order valence-corrected chi connectivity index (χ2v) is 6.11. The summed E-state index contributed by atoms with van der Waals surface area (Å²) in [5, 5.41) is 23.5. The van der Waals surface area contributed by atoms with Gasteiger partial charge in [-0.1, -0.05) is 12.1 Å². The summed E-state index contributed by atoms with van der Waals surface area (Å²) in [5.41, 5.74) is 1.59. The third-order valence-electron chi connectivity index (χ3n) is 4.25. The molecule has 8 nitrogen and oxygen atoms in total. The van der Waals surface area contributed by atoms with E-state index in [-0.39, 0.29) is 35.3 Å². The van der Waals surface area contributed by atoms with Crippen LogP contribution in [0.4, 0.5) is 17.4 Å². The number of nitrogens with one attached hydrogen (secondary N) is 1. The Kier molecular flexibility index (Phi) is 4.74. The highest BCUT2D eigenvalue weighted by molar-refractivity contribution is 6.21. The molecule has 1 aliphatic heterocycles. The van der Waals surface area contributed by atoms with Crippen molar-refractivity contribution < 1.29 is 24.2 Å². The molecule has 29 heavy (non-hydrogen) atoms. The van der Waals surface area contributed by atoms with Gasteiger partial charge in [0.25, 0.3) is 0 Å². The van der Waals surface area contributed by atoms with Gasteiger partial charge < -0.3 is 24.7 Å². The molecule has 1 aliphatic rings. The zero-order chi connectivity index (χ0) is 20.4. The van der Waals surface area contributed by atoms with Crippen LogP contribution in [0.2, 0.25) is 0 Å². The highest BCUT2D eigenvalue weighted by Crippen LogP contribution is 2.40. The number of aliphatic imine (C=N–C) groups is 1. The molecule has 3 heterocycles. The summed E-state index contributed by atoms with van der Waals surface area (Å²) in [6.45, 7) is 1.79. The van der Waals surface area contributed by atoms with Crippen molar-refractivity contribution in [2.75, 3.05) is 11.9 Å². The maximum absolute atomic E-state index is 12.4. The number of nitrogens with zero attached hydrogens (tertiary/aromatic N) is 2. The molecule has 0 saturated carbocycles. The van der Waals surface area contributed by atoms with Crippen molar-refractivity contribution in [3.63, 3.8) is 0 Å². The van der Waals surface area contributed by atoms with Gasteiger partial charge in [-0.3, -0.25) is 0 Å². The van der Waals surface area contributed by atoms with E-state index in [1.54, 1.807) is 49.7 Å². The summed E-state index contributed by atoms with van der Waals surface area (Å²) in [5.74, 6) is -0.609. The van der Waals surface area contributed by atoms with Gasteiger partial charge >= 0.3 is 5.97 Å². The van der Waals surface area contributed by atoms with E-state index in [4.69, 9.17) is 9.15 Å². The molecule has 0 atom stereocenters. The number of aromatic hydroxyl groups is 2. The number of allylic oxidation sites excluding steroid dienone is 1. The largest absolute Gasteiger partial charge is 0.506 e. The molecule has 146 valence electrons. The molecule has 0 spiro atoms. The minimum Gasteiger partial charge on any atom is -0.506 e. The second kappa shape index (κ2) is 7.51. The number of benzene rings is 1. The van der Waals surface area contributed by atoms with Crippen LogP contribution in [0.5, 0.6) is 11.5 Å². The smallest absolute Gasteiger partial charge is 0.347 e. The minimum absolute atomic E-state index is 0.0407. The topological polar surface area (TPSA) is 117 Å². The average Bonchev–Trinajstić information content (AvgIpc) is 3.25. The van der Waals surface area contributed by atoms with Crippen molar-refractivity contribution in [2.24, 2.45) is 4.99 Å². The first-order valence-electron chi connectivity index (χ1n) is 8.87. The van der Waals surface area contributed by atoms with E-state index in [0.717, 1.165) is 5.56 Å². The number of ether oxygens (including phenoxy) is 1. The Bertz CT molecular complexity index is 1150. The quantitative estimate of drug-likeness (QED) is 0.439.